The number of nitrogens with zero attached hydrogens (tertiary/aromatic N) is 1. The highest BCUT2D eigenvalue weighted by atomic mass is 16.5. The van der Waals surface area contributed by atoms with Gasteiger partial charge < -0.3 is 14.7 Å². The molecule has 0 aromatic heterocycles. The molecule has 2 unspecified atom stereocenters. The highest BCUT2D eigenvalue weighted by molar-refractivity contribution is 6.08. The Bertz CT molecular complexity index is 722. The quantitative estimate of drug-likeness (QED) is 0.943. The smallest absolute Gasteiger partial charge is 0.326 e. The van der Waals surface area contributed by atoms with E-state index >= 15 is 0 Å². The summed E-state index contributed by atoms with van der Waals surface area (Å²) in [5.41, 5.74) is 0.529. The topological polar surface area (TPSA) is 66.8 Å². The summed E-state index contributed by atoms with van der Waals surface area (Å²) in [5, 5.41) is 11.2. The third kappa shape index (κ3) is 2.44. The number of carbonyl (C=O) groups excluding carboxylic acids is 1. The number of rotatable bonds is 3. The van der Waals surface area contributed by atoms with Crippen molar-refractivity contribution in [2.24, 2.45) is 0 Å². The Morgan fingerprint density at radius 2 is 1.91 bits per heavy atom. The lowest BCUT2D eigenvalue weighted by Gasteiger charge is -2.22. The van der Waals surface area contributed by atoms with Gasteiger partial charge in [0, 0.05) is 25.6 Å². The number of fused-ring (bicyclic) bond motifs is 1. The van der Waals surface area contributed by atoms with Crippen molar-refractivity contribution in [3.63, 3.8) is 0 Å². The Hall–Kier alpha value is -2.40. The second kappa shape index (κ2) is 5.77. The van der Waals surface area contributed by atoms with E-state index in [1.165, 1.54) is 12.0 Å². The minimum Gasteiger partial charge on any atom is -0.480 e. The molecule has 2 atom stereocenters. The molecular formula is C17H17NO4. The first-order valence-electron chi connectivity index (χ1n) is 7.16. The average Bonchev–Trinajstić information content (AvgIpc) is 2.98. The summed E-state index contributed by atoms with van der Waals surface area (Å²) in [5.74, 6) is -1.25. The van der Waals surface area contributed by atoms with E-state index in [9.17, 15) is 14.7 Å². The number of ether oxygens (including phenoxy) is 1. The van der Waals surface area contributed by atoms with E-state index in [1.54, 1.807) is 6.07 Å². The number of methoxy groups -OCH3 is 1. The molecule has 0 spiro atoms. The number of carbonyl (C=O) groups is 2. The third-order valence-electron chi connectivity index (χ3n) is 4.16. The lowest BCUT2D eigenvalue weighted by Crippen LogP contribution is -2.40. The van der Waals surface area contributed by atoms with Crippen LogP contribution in [0, 0.1) is 0 Å². The van der Waals surface area contributed by atoms with Gasteiger partial charge in [0.2, 0.25) is 0 Å². The van der Waals surface area contributed by atoms with Crippen LogP contribution >= 0.6 is 0 Å². The normalized spacial score (nSPS) is 21.2. The van der Waals surface area contributed by atoms with Crippen molar-refractivity contribution in [2.45, 2.75) is 18.6 Å². The number of amides is 1. The molecule has 2 aromatic carbocycles. The van der Waals surface area contributed by atoms with Crippen molar-refractivity contribution in [1.29, 1.82) is 0 Å². The molecule has 1 heterocycles. The highest BCUT2D eigenvalue weighted by Crippen LogP contribution is 2.26. The molecule has 1 aliphatic heterocycles. The van der Waals surface area contributed by atoms with E-state index in [2.05, 4.69) is 0 Å². The zero-order valence-corrected chi connectivity index (χ0v) is 12.2. The fraction of sp³-hybridized carbons (Fsp3) is 0.294. The van der Waals surface area contributed by atoms with Gasteiger partial charge in [-0.2, -0.15) is 0 Å². The monoisotopic (exact) mass is 299 g/mol. The molecule has 1 fully saturated rings. The standard InChI is InChI=1S/C17H17NO4/c1-22-12-9-15(17(20)21)18(10-12)16(19)14-8-4-6-11-5-2-3-7-13(11)14/h2-8,12,15H,9-10H2,1H3,(H,20,21). The van der Waals surface area contributed by atoms with Crippen LogP contribution in [0.3, 0.4) is 0 Å². The number of hydrogen-bond donors (Lipinski definition) is 1. The lowest BCUT2D eigenvalue weighted by atomic mass is 10.0. The van der Waals surface area contributed by atoms with Gasteiger partial charge in [-0.25, -0.2) is 4.79 Å². The second-order valence-corrected chi connectivity index (χ2v) is 5.43. The van der Waals surface area contributed by atoms with Gasteiger partial charge in [-0.1, -0.05) is 36.4 Å². The van der Waals surface area contributed by atoms with Gasteiger partial charge in [0.05, 0.1) is 6.10 Å². The molecule has 1 N–H and O–H groups in total. The number of carboxylic acid groups (broad SMARTS) is 1. The Morgan fingerprint density at radius 3 is 2.64 bits per heavy atom. The number of likely N-dealkylation sites (tertiary alicyclic amines) is 1. The maximum atomic E-state index is 12.8. The van der Waals surface area contributed by atoms with Gasteiger partial charge in [0.25, 0.3) is 5.91 Å². The summed E-state index contributed by atoms with van der Waals surface area (Å²) in [6, 6.07) is 12.2. The van der Waals surface area contributed by atoms with E-state index in [-0.39, 0.29) is 12.0 Å². The first-order valence-corrected chi connectivity index (χ1v) is 7.16. The largest absolute Gasteiger partial charge is 0.480 e. The molecule has 5 nitrogen and oxygen atoms in total. The minimum atomic E-state index is -0.992. The van der Waals surface area contributed by atoms with E-state index in [4.69, 9.17) is 4.74 Å². The van der Waals surface area contributed by atoms with Crippen molar-refractivity contribution in [3.05, 3.63) is 48.0 Å². The molecule has 3 rings (SSSR count). The first kappa shape index (κ1) is 14.5. The molecule has 0 bridgehead atoms. The van der Waals surface area contributed by atoms with Gasteiger partial charge >= 0.3 is 5.97 Å². The predicted molar refractivity (Wildman–Crippen MR) is 81.8 cm³/mol. The van der Waals surface area contributed by atoms with Crippen LogP contribution in [0.5, 0.6) is 0 Å². The molecular weight excluding hydrogens is 282 g/mol. The zero-order valence-electron chi connectivity index (χ0n) is 12.2. The molecule has 1 saturated heterocycles. The molecule has 2 aromatic rings. The average molecular weight is 299 g/mol. The summed E-state index contributed by atoms with van der Waals surface area (Å²) >= 11 is 0. The summed E-state index contributed by atoms with van der Waals surface area (Å²) in [4.78, 5) is 25.7. The zero-order chi connectivity index (χ0) is 15.7. The first-order chi connectivity index (χ1) is 10.6. The summed E-state index contributed by atoms with van der Waals surface area (Å²) in [6.45, 7) is 0.301. The van der Waals surface area contributed by atoms with Crippen LogP contribution in [0.4, 0.5) is 0 Å². The minimum absolute atomic E-state index is 0.236. The van der Waals surface area contributed by atoms with Crippen molar-refractivity contribution >= 4 is 22.6 Å². The van der Waals surface area contributed by atoms with Gasteiger partial charge in [-0.3, -0.25) is 4.79 Å². The fourth-order valence-corrected chi connectivity index (χ4v) is 2.99. The Morgan fingerprint density at radius 1 is 1.18 bits per heavy atom. The SMILES string of the molecule is COC1CC(C(=O)O)N(C(=O)c2cccc3ccccc23)C1. The Kier molecular flexibility index (Phi) is 3.81. The van der Waals surface area contributed by atoms with Crippen LogP contribution in [0.15, 0.2) is 42.5 Å². The molecule has 0 aliphatic carbocycles. The molecule has 22 heavy (non-hydrogen) atoms. The van der Waals surface area contributed by atoms with Crippen LogP contribution in [0.25, 0.3) is 10.8 Å². The van der Waals surface area contributed by atoms with Crippen molar-refractivity contribution in [3.8, 4) is 0 Å². The number of aliphatic carboxylic acids is 1. The van der Waals surface area contributed by atoms with Crippen LogP contribution in [0.1, 0.15) is 16.8 Å². The van der Waals surface area contributed by atoms with E-state index in [0.29, 0.717) is 18.5 Å². The summed E-state index contributed by atoms with van der Waals surface area (Å²) < 4.78 is 5.24. The highest BCUT2D eigenvalue weighted by Gasteiger charge is 2.40. The van der Waals surface area contributed by atoms with Gasteiger partial charge in [0.15, 0.2) is 0 Å². The summed E-state index contributed by atoms with van der Waals surface area (Å²) in [6.07, 6.45) is 0.0857. The third-order valence-corrected chi connectivity index (χ3v) is 4.16. The van der Waals surface area contributed by atoms with Crippen molar-refractivity contribution in [1.82, 2.24) is 4.90 Å². The summed E-state index contributed by atoms with van der Waals surface area (Å²) in [7, 11) is 1.54. The molecule has 0 radical (unpaired) electrons. The molecule has 1 aliphatic rings. The van der Waals surface area contributed by atoms with Crippen molar-refractivity contribution in [2.75, 3.05) is 13.7 Å². The second-order valence-electron chi connectivity index (χ2n) is 5.43. The fourth-order valence-electron chi connectivity index (χ4n) is 2.99. The van der Waals surface area contributed by atoms with Gasteiger partial charge in [-0.05, 0) is 16.8 Å². The number of carboxylic acids is 1. The van der Waals surface area contributed by atoms with E-state index < -0.39 is 12.0 Å². The lowest BCUT2D eigenvalue weighted by molar-refractivity contribution is -0.141. The van der Waals surface area contributed by atoms with Crippen LogP contribution in [-0.4, -0.2) is 47.7 Å². The van der Waals surface area contributed by atoms with Crippen LogP contribution in [-0.2, 0) is 9.53 Å². The maximum absolute atomic E-state index is 12.8. The molecule has 114 valence electrons. The maximum Gasteiger partial charge on any atom is 0.326 e. The van der Waals surface area contributed by atoms with Gasteiger partial charge in [-0.15, -0.1) is 0 Å². The number of benzene rings is 2. The van der Waals surface area contributed by atoms with E-state index in [0.717, 1.165) is 10.8 Å². The van der Waals surface area contributed by atoms with Crippen LogP contribution < -0.4 is 0 Å². The van der Waals surface area contributed by atoms with Crippen molar-refractivity contribution < 1.29 is 19.4 Å². The molecule has 1 amide bonds. The van der Waals surface area contributed by atoms with Crippen LogP contribution in [0.2, 0.25) is 0 Å². The molecule has 5 heteroatoms. The predicted octanol–water partition coefficient (Wildman–Crippen LogP) is 2.15. The Balaban J connectivity index is 2.00. The number of hydrogen-bond acceptors (Lipinski definition) is 3. The molecule has 0 saturated carbocycles. The van der Waals surface area contributed by atoms with E-state index in [1.807, 2.05) is 36.4 Å². The van der Waals surface area contributed by atoms with Gasteiger partial charge in [0.1, 0.15) is 6.04 Å². The Labute approximate surface area is 128 Å².